The fourth-order valence-corrected chi connectivity index (χ4v) is 2.24. The van der Waals surface area contributed by atoms with Crippen LogP contribution in [0, 0.1) is 0 Å². The number of carbonyl (C=O) groups is 2. The standard InChI is InChI=1S/C18H12O7/c1-10(19)23-15-14-12(20)8-5-9-13(14)24-18(22)16(15)25-17(21)11-6-3-2-4-7-11/h2-9,20H,1H3. The molecule has 0 unspecified atom stereocenters. The fraction of sp³-hybridized carbons (Fsp3) is 0.0556. The van der Waals surface area contributed by atoms with Crippen molar-refractivity contribution in [1.82, 2.24) is 0 Å². The van der Waals surface area contributed by atoms with Gasteiger partial charge in [0, 0.05) is 6.92 Å². The normalized spacial score (nSPS) is 10.4. The Morgan fingerprint density at radius 2 is 1.68 bits per heavy atom. The molecule has 0 saturated carbocycles. The highest BCUT2D eigenvalue weighted by molar-refractivity contribution is 5.96. The number of ether oxygens (including phenoxy) is 2. The Bertz CT molecular complexity index is 1020. The summed E-state index contributed by atoms with van der Waals surface area (Å²) in [4.78, 5) is 35.8. The molecule has 0 aliphatic carbocycles. The van der Waals surface area contributed by atoms with Crippen LogP contribution in [0.15, 0.2) is 57.7 Å². The average Bonchev–Trinajstić information content (AvgIpc) is 2.58. The van der Waals surface area contributed by atoms with Crippen molar-refractivity contribution in [1.29, 1.82) is 0 Å². The summed E-state index contributed by atoms with van der Waals surface area (Å²) in [6, 6.07) is 12.1. The quantitative estimate of drug-likeness (QED) is 0.577. The van der Waals surface area contributed by atoms with Gasteiger partial charge in [0.25, 0.3) is 5.75 Å². The van der Waals surface area contributed by atoms with Gasteiger partial charge in [-0.15, -0.1) is 0 Å². The van der Waals surface area contributed by atoms with Crippen molar-refractivity contribution in [3.63, 3.8) is 0 Å². The topological polar surface area (TPSA) is 103 Å². The van der Waals surface area contributed by atoms with Crippen molar-refractivity contribution >= 4 is 22.9 Å². The molecular formula is C18H12O7. The summed E-state index contributed by atoms with van der Waals surface area (Å²) in [5.74, 6) is -2.88. The van der Waals surface area contributed by atoms with Gasteiger partial charge < -0.3 is 19.0 Å². The molecule has 3 aromatic rings. The van der Waals surface area contributed by atoms with Crippen LogP contribution in [0.3, 0.4) is 0 Å². The first kappa shape index (κ1) is 16.3. The van der Waals surface area contributed by atoms with Crippen molar-refractivity contribution in [3.8, 4) is 17.2 Å². The first-order chi connectivity index (χ1) is 12.0. The highest BCUT2D eigenvalue weighted by Gasteiger charge is 2.24. The molecule has 0 atom stereocenters. The van der Waals surface area contributed by atoms with Crippen molar-refractivity contribution in [2.45, 2.75) is 6.92 Å². The van der Waals surface area contributed by atoms with E-state index in [0.717, 1.165) is 6.92 Å². The van der Waals surface area contributed by atoms with Crippen LogP contribution in [-0.4, -0.2) is 17.0 Å². The highest BCUT2D eigenvalue weighted by Crippen LogP contribution is 2.38. The minimum Gasteiger partial charge on any atom is -0.507 e. The molecule has 0 saturated heterocycles. The maximum atomic E-state index is 12.2. The van der Waals surface area contributed by atoms with E-state index in [-0.39, 0.29) is 28.0 Å². The molecule has 0 radical (unpaired) electrons. The van der Waals surface area contributed by atoms with Gasteiger partial charge in [-0.25, -0.2) is 9.59 Å². The molecule has 1 aromatic heterocycles. The Hall–Kier alpha value is -3.61. The molecule has 1 heterocycles. The summed E-state index contributed by atoms with van der Waals surface area (Å²) in [6.07, 6.45) is 0. The number of phenols is 1. The predicted molar refractivity (Wildman–Crippen MR) is 86.9 cm³/mol. The van der Waals surface area contributed by atoms with Crippen molar-refractivity contribution < 1.29 is 28.6 Å². The number of benzene rings is 2. The molecule has 0 aliphatic rings. The number of rotatable bonds is 3. The Morgan fingerprint density at radius 3 is 2.36 bits per heavy atom. The van der Waals surface area contributed by atoms with E-state index < -0.39 is 23.3 Å². The number of esters is 2. The first-order valence-electron chi connectivity index (χ1n) is 7.22. The minimum absolute atomic E-state index is 0.0132. The monoisotopic (exact) mass is 340 g/mol. The van der Waals surface area contributed by atoms with Crippen LogP contribution in [0.25, 0.3) is 11.0 Å². The summed E-state index contributed by atoms with van der Waals surface area (Å²) < 4.78 is 15.2. The van der Waals surface area contributed by atoms with E-state index in [9.17, 15) is 19.5 Å². The largest absolute Gasteiger partial charge is 0.507 e. The third kappa shape index (κ3) is 3.20. The molecule has 0 bridgehead atoms. The van der Waals surface area contributed by atoms with Gasteiger partial charge in [0.05, 0.1) is 5.56 Å². The summed E-state index contributed by atoms with van der Waals surface area (Å²) in [5, 5.41) is 9.99. The van der Waals surface area contributed by atoms with Crippen molar-refractivity contribution in [3.05, 3.63) is 64.5 Å². The zero-order valence-electron chi connectivity index (χ0n) is 13.0. The van der Waals surface area contributed by atoms with Crippen LogP contribution >= 0.6 is 0 Å². The second kappa shape index (κ2) is 6.48. The molecular weight excluding hydrogens is 328 g/mol. The zero-order chi connectivity index (χ0) is 18.0. The number of hydrogen-bond acceptors (Lipinski definition) is 7. The number of fused-ring (bicyclic) bond motifs is 1. The van der Waals surface area contributed by atoms with Crippen LogP contribution in [0.5, 0.6) is 17.2 Å². The van der Waals surface area contributed by atoms with E-state index in [4.69, 9.17) is 13.9 Å². The van der Waals surface area contributed by atoms with Gasteiger partial charge in [0.2, 0.25) is 0 Å². The maximum Gasteiger partial charge on any atom is 0.383 e. The SMILES string of the molecule is CC(=O)Oc1c(OC(=O)c2ccccc2)c(=O)oc2cccc(O)c12. The third-order valence-electron chi connectivity index (χ3n) is 3.28. The minimum atomic E-state index is -1.02. The Morgan fingerprint density at radius 1 is 0.960 bits per heavy atom. The van der Waals surface area contributed by atoms with Gasteiger partial charge in [-0.05, 0) is 24.3 Å². The molecule has 3 rings (SSSR count). The van der Waals surface area contributed by atoms with Gasteiger partial charge >= 0.3 is 17.6 Å². The molecule has 1 N–H and O–H groups in total. The van der Waals surface area contributed by atoms with Gasteiger partial charge in [-0.3, -0.25) is 4.79 Å². The van der Waals surface area contributed by atoms with Crippen molar-refractivity contribution in [2.75, 3.05) is 0 Å². The second-order valence-electron chi connectivity index (χ2n) is 5.05. The van der Waals surface area contributed by atoms with Crippen LogP contribution in [0.1, 0.15) is 17.3 Å². The van der Waals surface area contributed by atoms with Gasteiger partial charge in [-0.1, -0.05) is 24.3 Å². The summed E-state index contributed by atoms with van der Waals surface area (Å²) >= 11 is 0. The molecule has 0 aliphatic heterocycles. The average molecular weight is 340 g/mol. The lowest BCUT2D eigenvalue weighted by atomic mass is 10.2. The fourth-order valence-electron chi connectivity index (χ4n) is 2.24. The zero-order valence-corrected chi connectivity index (χ0v) is 13.0. The Labute approximate surface area is 141 Å². The van der Waals surface area contributed by atoms with E-state index in [0.29, 0.717) is 0 Å². The van der Waals surface area contributed by atoms with Crippen molar-refractivity contribution in [2.24, 2.45) is 0 Å². The smallest absolute Gasteiger partial charge is 0.383 e. The molecule has 7 heteroatoms. The van der Waals surface area contributed by atoms with E-state index in [2.05, 4.69) is 0 Å². The van der Waals surface area contributed by atoms with Gasteiger partial charge in [-0.2, -0.15) is 0 Å². The lowest BCUT2D eigenvalue weighted by molar-refractivity contribution is -0.131. The van der Waals surface area contributed by atoms with E-state index in [1.54, 1.807) is 18.2 Å². The van der Waals surface area contributed by atoms with Crippen LogP contribution in [-0.2, 0) is 4.79 Å². The molecule has 2 aromatic carbocycles. The summed E-state index contributed by atoms with van der Waals surface area (Å²) in [6.45, 7) is 1.11. The molecule has 0 spiro atoms. The molecule has 0 fully saturated rings. The van der Waals surface area contributed by atoms with Crippen LogP contribution in [0.4, 0.5) is 0 Å². The second-order valence-corrected chi connectivity index (χ2v) is 5.05. The third-order valence-corrected chi connectivity index (χ3v) is 3.28. The van der Waals surface area contributed by atoms with Gasteiger partial charge in [0.1, 0.15) is 16.7 Å². The van der Waals surface area contributed by atoms with E-state index in [1.165, 1.54) is 30.3 Å². The van der Waals surface area contributed by atoms with Gasteiger partial charge in [0.15, 0.2) is 5.75 Å². The van der Waals surface area contributed by atoms with E-state index >= 15 is 0 Å². The lowest BCUT2D eigenvalue weighted by Crippen LogP contribution is -2.17. The number of carbonyl (C=O) groups excluding carboxylic acids is 2. The number of aromatic hydroxyl groups is 1. The molecule has 25 heavy (non-hydrogen) atoms. The first-order valence-corrected chi connectivity index (χ1v) is 7.22. The molecule has 7 nitrogen and oxygen atoms in total. The summed E-state index contributed by atoms with van der Waals surface area (Å²) in [5.41, 5.74) is -0.840. The number of phenolic OH excluding ortho intramolecular Hbond substituents is 1. The Kier molecular flexibility index (Phi) is 4.21. The molecule has 126 valence electrons. The van der Waals surface area contributed by atoms with Crippen LogP contribution in [0.2, 0.25) is 0 Å². The lowest BCUT2D eigenvalue weighted by Gasteiger charge is -2.11. The highest BCUT2D eigenvalue weighted by atomic mass is 16.6. The Balaban J connectivity index is 2.18. The van der Waals surface area contributed by atoms with Crippen LogP contribution < -0.4 is 15.1 Å². The predicted octanol–water partition coefficient (Wildman–Crippen LogP) is 2.64. The maximum absolute atomic E-state index is 12.2. The molecule has 0 amide bonds. The van der Waals surface area contributed by atoms with E-state index in [1.807, 2.05) is 0 Å². The number of hydrogen-bond donors (Lipinski definition) is 1. The summed E-state index contributed by atoms with van der Waals surface area (Å²) in [7, 11) is 0.